The van der Waals surface area contributed by atoms with Crippen molar-refractivity contribution in [2.24, 2.45) is 0 Å². The van der Waals surface area contributed by atoms with E-state index in [9.17, 15) is 9.59 Å². The Morgan fingerprint density at radius 2 is 1.91 bits per heavy atom. The summed E-state index contributed by atoms with van der Waals surface area (Å²) in [6.45, 7) is 3.30. The van der Waals surface area contributed by atoms with E-state index < -0.39 is 0 Å². The fraction of sp³-hybridized carbons (Fsp3) is 0.111. The predicted octanol–water partition coefficient (Wildman–Crippen LogP) is 4.44. The first-order chi connectivity index (χ1) is 11.0. The number of hydrogen-bond acceptors (Lipinski definition) is 3. The zero-order valence-electron chi connectivity index (χ0n) is 12.7. The van der Waals surface area contributed by atoms with Gasteiger partial charge >= 0.3 is 0 Å². The SMILES string of the molecule is CC(=O)c1c(Nc2cccc(Cl)c2)[nH]c2c(C)cccc2c1=O. The van der Waals surface area contributed by atoms with Crippen molar-refractivity contribution in [3.05, 3.63) is 68.8 Å². The highest BCUT2D eigenvalue weighted by Gasteiger charge is 2.17. The lowest BCUT2D eigenvalue weighted by Crippen LogP contribution is -2.18. The van der Waals surface area contributed by atoms with Crippen LogP contribution in [0.4, 0.5) is 11.5 Å². The van der Waals surface area contributed by atoms with E-state index in [0.717, 1.165) is 5.56 Å². The van der Waals surface area contributed by atoms with Gasteiger partial charge in [-0.15, -0.1) is 0 Å². The molecule has 2 aromatic carbocycles. The molecule has 0 aliphatic carbocycles. The molecule has 3 rings (SSSR count). The largest absolute Gasteiger partial charge is 0.341 e. The van der Waals surface area contributed by atoms with Crippen molar-refractivity contribution in [3.8, 4) is 0 Å². The number of fused-ring (bicyclic) bond motifs is 1. The minimum absolute atomic E-state index is 0.114. The van der Waals surface area contributed by atoms with Crippen molar-refractivity contribution in [2.45, 2.75) is 13.8 Å². The molecule has 0 spiro atoms. The molecule has 3 aromatic rings. The number of rotatable bonds is 3. The van der Waals surface area contributed by atoms with Gasteiger partial charge in [0, 0.05) is 16.1 Å². The molecule has 0 radical (unpaired) electrons. The van der Waals surface area contributed by atoms with E-state index >= 15 is 0 Å². The van der Waals surface area contributed by atoms with Gasteiger partial charge in [-0.1, -0.05) is 29.8 Å². The summed E-state index contributed by atoms with van der Waals surface area (Å²) in [5.41, 5.74) is 2.18. The number of Topliss-reactive ketones (excluding diaryl/α,β-unsaturated/α-hetero) is 1. The summed E-state index contributed by atoms with van der Waals surface area (Å²) in [6, 6.07) is 12.5. The van der Waals surface area contributed by atoms with E-state index in [4.69, 9.17) is 11.6 Å². The monoisotopic (exact) mass is 326 g/mol. The molecule has 116 valence electrons. The number of para-hydroxylation sites is 1. The molecule has 1 heterocycles. The molecular formula is C18H15ClN2O2. The van der Waals surface area contributed by atoms with E-state index in [1.54, 1.807) is 30.3 Å². The Balaban J connectivity index is 2.26. The van der Waals surface area contributed by atoms with E-state index in [0.29, 0.717) is 27.4 Å². The third kappa shape index (κ3) is 2.85. The number of benzene rings is 2. The molecule has 0 aliphatic heterocycles. The van der Waals surface area contributed by atoms with Crippen molar-refractivity contribution >= 4 is 39.8 Å². The van der Waals surface area contributed by atoms with E-state index in [2.05, 4.69) is 10.3 Å². The van der Waals surface area contributed by atoms with Crippen molar-refractivity contribution in [1.82, 2.24) is 4.98 Å². The van der Waals surface area contributed by atoms with Crippen molar-refractivity contribution in [1.29, 1.82) is 0 Å². The van der Waals surface area contributed by atoms with Crippen LogP contribution in [0.3, 0.4) is 0 Å². The van der Waals surface area contributed by atoms with Crippen molar-refractivity contribution in [2.75, 3.05) is 5.32 Å². The highest BCUT2D eigenvalue weighted by Crippen LogP contribution is 2.24. The number of anilines is 2. The number of pyridine rings is 1. The van der Waals surface area contributed by atoms with Crippen LogP contribution in [0.2, 0.25) is 5.02 Å². The van der Waals surface area contributed by atoms with Crippen LogP contribution >= 0.6 is 11.6 Å². The van der Waals surface area contributed by atoms with Crippen LogP contribution in [0, 0.1) is 6.92 Å². The molecule has 1 aromatic heterocycles. The number of carbonyl (C=O) groups excluding carboxylic acids is 1. The summed E-state index contributed by atoms with van der Waals surface area (Å²) < 4.78 is 0. The zero-order chi connectivity index (χ0) is 16.6. The van der Waals surface area contributed by atoms with E-state index in [1.807, 2.05) is 19.1 Å². The first-order valence-corrected chi connectivity index (χ1v) is 7.54. The minimum atomic E-state index is -0.292. The lowest BCUT2D eigenvalue weighted by Gasteiger charge is -2.13. The molecule has 5 heteroatoms. The third-order valence-electron chi connectivity index (χ3n) is 3.69. The quantitative estimate of drug-likeness (QED) is 0.700. The van der Waals surface area contributed by atoms with Gasteiger partial charge in [0.2, 0.25) is 5.43 Å². The molecule has 2 N–H and O–H groups in total. The lowest BCUT2D eigenvalue weighted by atomic mass is 10.1. The van der Waals surface area contributed by atoms with Gasteiger partial charge in [-0.2, -0.15) is 0 Å². The van der Waals surface area contributed by atoms with Gasteiger partial charge in [0.1, 0.15) is 11.4 Å². The van der Waals surface area contributed by atoms with Gasteiger partial charge in [0.25, 0.3) is 0 Å². The number of carbonyl (C=O) groups is 1. The van der Waals surface area contributed by atoms with Crippen molar-refractivity contribution < 1.29 is 4.79 Å². The molecule has 0 amide bonds. The van der Waals surface area contributed by atoms with Gasteiger partial charge in [-0.05, 0) is 43.7 Å². The highest BCUT2D eigenvalue weighted by atomic mass is 35.5. The van der Waals surface area contributed by atoms with E-state index in [1.165, 1.54) is 6.92 Å². The van der Waals surface area contributed by atoms with Crippen LogP contribution in [0.25, 0.3) is 10.9 Å². The number of aryl methyl sites for hydroxylation is 1. The summed E-state index contributed by atoms with van der Waals surface area (Å²) >= 11 is 5.99. The number of H-pyrrole nitrogens is 1. The van der Waals surface area contributed by atoms with Gasteiger partial charge in [-0.3, -0.25) is 9.59 Å². The minimum Gasteiger partial charge on any atom is -0.341 e. The summed E-state index contributed by atoms with van der Waals surface area (Å²) in [4.78, 5) is 27.9. The lowest BCUT2D eigenvalue weighted by molar-refractivity contribution is 0.101. The molecule has 0 fully saturated rings. The Labute approximate surface area is 138 Å². The summed E-state index contributed by atoms with van der Waals surface area (Å²) in [7, 11) is 0. The second kappa shape index (κ2) is 5.89. The smallest absolute Gasteiger partial charge is 0.202 e. The van der Waals surface area contributed by atoms with Crippen LogP contribution in [-0.4, -0.2) is 10.8 Å². The number of aromatic nitrogens is 1. The van der Waals surface area contributed by atoms with Crippen molar-refractivity contribution in [3.63, 3.8) is 0 Å². The van der Waals surface area contributed by atoms with Crippen LogP contribution in [0.1, 0.15) is 22.8 Å². The van der Waals surface area contributed by atoms with Gasteiger partial charge < -0.3 is 10.3 Å². The van der Waals surface area contributed by atoms with Crippen LogP contribution in [0.5, 0.6) is 0 Å². The average molecular weight is 327 g/mol. The average Bonchev–Trinajstić information content (AvgIpc) is 2.48. The van der Waals surface area contributed by atoms with Gasteiger partial charge in [-0.25, -0.2) is 0 Å². The highest BCUT2D eigenvalue weighted by molar-refractivity contribution is 6.30. The standard InChI is InChI=1S/C18H15ClN2O2/c1-10-5-3-8-14-16(10)21-18(15(11(2)22)17(14)23)20-13-7-4-6-12(19)9-13/h3-9H,1-2H3,(H2,20,21,23). The molecular weight excluding hydrogens is 312 g/mol. The Bertz CT molecular complexity index is 976. The van der Waals surface area contributed by atoms with E-state index in [-0.39, 0.29) is 16.8 Å². The van der Waals surface area contributed by atoms with Crippen LogP contribution in [0.15, 0.2) is 47.3 Å². The summed E-state index contributed by atoms with van der Waals surface area (Å²) in [5, 5.41) is 4.17. The zero-order valence-corrected chi connectivity index (χ0v) is 13.5. The fourth-order valence-electron chi connectivity index (χ4n) is 2.60. The molecule has 0 atom stereocenters. The number of nitrogens with one attached hydrogen (secondary N) is 2. The maximum atomic E-state index is 12.7. The van der Waals surface area contributed by atoms with Crippen LogP contribution < -0.4 is 10.7 Å². The molecule has 0 bridgehead atoms. The molecule has 0 aliphatic rings. The van der Waals surface area contributed by atoms with Gasteiger partial charge in [0.15, 0.2) is 5.78 Å². The second-order valence-corrected chi connectivity index (χ2v) is 5.83. The number of aromatic amines is 1. The second-order valence-electron chi connectivity index (χ2n) is 5.39. The maximum absolute atomic E-state index is 12.7. The fourth-order valence-corrected chi connectivity index (χ4v) is 2.79. The van der Waals surface area contributed by atoms with Gasteiger partial charge in [0.05, 0.1) is 5.52 Å². The summed E-state index contributed by atoms with van der Waals surface area (Å²) in [5.74, 6) is 0.0887. The Morgan fingerprint density at radius 1 is 1.17 bits per heavy atom. The molecule has 4 nitrogen and oxygen atoms in total. The number of ketones is 1. The molecule has 23 heavy (non-hydrogen) atoms. The molecule has 0 unspecified atom stereocenters. The van der Waals surface area contributed by atoms with Crippen LogP contribution in [-0.2, 0) is 0 Å². The maximum Gasteiger partial charge on any atom is 0.202 e. The Hall–Kier alpha value is -2.59. The Kier molecular flexibility index (Phi) is 3.92. The first kappa shape index (κ1) is 15.3. The predicted molar refractivity (Wildman–Crippen MR) is 94.0 cm³/mol. The first-order valence-electron chi connectivity index (χ1n) is 7.16. The number of halogens is 1. The third-order valence-corrected chi connectivity index (χ3v) is 3.93. The Morgan fingerprint density at radius 3 is 2.61 bits per heavy atom. The summed E-state index contributed by atoms with van der Waals surface area (Å²) in [6.07, 6.45) is 0. The molecule has 0 saturated carbocycles. The topological polar surface area (TPSA) is 62.0 Å². The normalized spacial score (nSPS) is 10.7. The number of hydrogen-bond donors (Lipinski definition) is 2. The molecule has 0 saturated heterocycles.